The van der Waals surface area contributed by atoms with Gasteiger partial charge in [-0.1, -0.05) is 15.9 Å². The van der Waals surface area contributed by atoms with Gasteiger partial charge in [-0.2, -0.15) is 0 Å². The minimum atomic E-state index is -3.42. The van der Waals surface area contributed by atoms with Crippen LogP contribution in [0.5, 0.6) is 5.75 Å². The third-order valence-corrected chi connectivity index (χ3v) is 5.63. The Hall–Kier alpha value is -0.590. The number of hydrogen-bond acceptors (Lipinski definition) is 4. The summed E-state index contributed by atoms with van der Waals surface area (Å²) < 4.78 is 30.3. The van der Waals surface area contributed by atoms with E-state index in [0.717, 1.165) is 0 Å². The van der Waals surface area contributed by atoms with Gasteiger partial charge in [-0.15, -0.1) is 0 Å². The molecule has 0 unspecified atom stereocenters. The van der Waals surface area contributed by atoms with Gasteiger partial charge in [0, 0.05) is 4.47 Å². The molecule has 0 aliphatic heterocycles. The molecule has 1 N–H and O–H groups in total. The van der Waals surface area contributed by atoms with Gasteiger partial charge in [0.15, 0.2) is 9.84 Å². The quantitative estimate of drug-likeness (QED) is 0.921. The highest BCUT2D eigenvalue weighted by Gasteiger charge is 2.40. The Balaban J connectivity index is 2.42. The maximum atomic E-state index is 12.3. The molecule has 0 bridgehead atoms. The Morgan fingerprint density at radius 3 is 2.59 bits per heavy atom. The molecule has 1 saturated carbocycles. The Kier molecular flexibility index (Phi) is 3.47. The second-order valence-electron chi connectivity index (χ2n) is 4.09. The van der Waals surface area contributed by atoms with E-state index in [9.17, 15) is 13.5 Å². The van der Waals surface area contributed by atoms with Gasteiger partial charge in [-0.05, 0) is 31.0 Å². The molecule has 0 radical (unpaired) electrons. The number of rotatable bonds is 3. The summed E-state index contributed by atoms with van der Waals surface area (Å²) in [7, 11) is -1.97. The number of hydrogen-bond donors (Lipinski definition) is 1. The van der Waals surface area contributed by atoms with Crippen LogP contribution >= 0.6 is 15.9 Å². The molecule has 2 rings (SSSR count). The summed E-state index contributed by atoms with van der Waals surface area (Å²) in [5.74, 6) is 0.342. The molecule has 1 aromatic rings. The molecule has 6 heteroatoms. The Morgan fingerprint density at radius 1 is 1.41 bits per heavy atom. The van der Waals surface area contributed by atoms with E-state index < -0.39 is 21.2 Å². The molecule has 0 heterocycles. The van der Waals surface area contributed by atoms with Gasteiger partial charge in [-0.3, -0.25) is 0 Å². The predicted molar refractivity (Wildman–Crippen MR) is 66.9 cm³/mol. The first-order valence-electron chi connectivity index (χ1n) is 5.20. The maximum absolute atomic E-state index is 12.3. The second kappa shape index (κ2) is 4.59. The standard InChI is InChI=1S/C11H13BrO4S/c1-16-10-3-2-7(12)4-11(10)17(14,15)9-5-8(13)6-9/h2-4,8-9,13H,5-6H2,1H3. The summed E-state index contributed by atoms with van der Waals surface area (Å²) in [6, 6.07) is 4.89. The van der Waals surface area contributed by atoms with Crippen molar-refractivity contribution in [3.05, 3.63) is 22.7 Å². The van der Waals surface area contributed by atoms with Crippen LogP contribution in [0, 0.1) is 0 Å². The number of sulfone groups is 1. The largest absolute Gasteiger partial charge is 0.495 e. The summed E-state index contributed by atoms with van der Waals surface area (Å²) in [5.41, 5.74) is 0. The highest BCUT2D eigenvalue weighted by atomic mass is 79.9. The topological polar surface area (TPSA) is 63.6 Å². The van der Waals surface area contributed by atoms with Crippen LogP contribution in [-0.2, 0) is 9.84 Å². The van der Waals surface area contributed by atoms with Crippen LogP contribution < -0.4 is 4.74 Å². The van der Waals surface area contributed by atoms with Gasteiger partial charge in [-0.25, -0.2) is 8.42 Å². The molecule has 17 heavy (non-hydrogen) atoms. The lowest BCUT2D eigenvalue weighted by Crippen LogP contribution is -2.39. The van der Waals surface area contributed by atoms with Crippen molar-refractivity contribution in [1.29, 1.82) is 0 Å². The molecule has 94 valence electrons. The number of halogens is 1. The zero-order valence-corrected chi connectivity index (χ0v) is 11.7. The fourth-order valence-corrected chi connectivity index (χ4v) is 4.39. The van der Waals surface area contributed by atoms with Crippen molar-refractivity contribution >= 4 is 25.8 Å². The SMILES string of the molecule is COc1ccc(Br)cc1S(=O)(=O)C1CC(O)C1. The maximum Gasteiger partial charge on any atom is 0.185 e. The van der Waals surface area contributed by atoms with Crippen LogP contribution in [0.25, 0.3) is 0 Å². The summed E-state index contributed by atoms with van der Waals surface area (Å²) >= 11 is 3.25. The van der Waals surface area contributed by atoms with Crippen molar-refractivity contribution in [1.82, 2.24) is 0 Å². The molecule has 0 aromatic heterocycles. The van der Waals surface area contributed by atoms with Crippen molar-refractivity contribution < 1.29 is 18.3 Å². The van der Waals surface area contributed by atoms with Gasteiger partial charge < -0.3 is 9.84 Å². The molecule has 4 nitrogen and oxygen atoms in total. The van der Waals surface area contributed by atoms with Crippen LogP contribution in [0.2, 0.25) is 0 Å². The van der Waals surface area contributed by atoms with Crippen LogP contribution in [0.15, 0.2) is 27.6 Å². The third-order valence-electron chi connectivity index (χ3n) is 2.94. The lowest BCUT2D eigenvalue weighted by molar-refractivity contribution is 0.0976. The lowest BCUT2D eigenvalue weighted by atomic mass is 9.96. The number of benzene rings is 1. The van der Waals surface area contributed by atoms with Crippen LogP contribution in [-0.4, -0.2) is 32.0 Å². The van der Waals surface area contributed by atoms with E-state index in [1.54, 1.807) is 18.2 Å². The highest BCUT2D eigenvalue weighted by molar-refractivity contribution is 9.10. The van der Waals surface area contributed by atoms with Gasteiger partial charge in [0.05, 0.1) is 18.5 Å². The van der Waals surface area contributed by atoms with Gasteiger partial charge >= 0.3 is 0 Å². The Morgan fingerprint density at radius 2 is 2.06 bits per heavy atom. The van der Waals surface area contributed by atoms with Gasteiger partial charge in [0.1, 0.15) is 10.6 Å². The molecule has 0 spiro atoms. The summed E-state index contributed by atoms with van der Waals surface area (Å²) in [6.07, 6.45) is 0.114. The zero-order valence-electron chi connectivity index (χ0n) is 9.26. The van der Waals surface area contributed by atoms with E-state index in [-0.39, 0.29) is 4.90 Å². The molecular formula is C11H13BrO4S. The molecule has 0 saturated heterocycles. The molecule has 1 aliphatic rings. The first kappa shape index (κ1) is 12.9. The van der Waals surface area contributed by atoms with E-state index in [4.69, 9.17) is 4.74 Å². The highest BCUT2D eigenvalue weighted by Crippen LogP contribution is 2.36. The average Bonchev–Trinajstić information content (AvgIpc) is 2.24. The van der Waals surface area contributed by atoms with Crippen LogP contribution in [0.3, 0.4) is 0 Å². The van der Waals surface area contributed by atoms with Gasteiger partial charge in [0.2, 0.25) is 0 Å². The van der Waals surface area contributed by atoms with E-state index >= 15 is 0 Å². The van der Waals surface area contributed by atoms with Crippen molar-refractivity contribution in [2.75, 3.05) is 7.11 Å². The van der Waals surface area contributed by atoms with Crippen molar-refractivity contribution in [3.63, 3.8) is 0 Å². The van der Waals surface area contributed by atoms with Gasteiger partial charge in [0.25, 0.3) is 0 Å². The summed E-state index contributed by atoms with van der Waals surface area (Å²) in [4.78, 5) is 0.186. The smallest absolute Gasteiger partial charge is 0.185 e. The molecular weight excluding hydrogens is 308 g/mol. The molecule has 1 aliphatic carbocycles. The first-order valence-corrected chi connectivity index (χ1v) is 7.54. The fraction of sp³-hybridized carbons (Fsp3) is 0.455. The number of methoxy groups -OCH3 is 1. The minimum Gasteiger partial charge on any atom is -0.495 e. The number of aliphatic hydroxyl groups is 1. The van der Waals surface area contributed by atoms with E-state index in [0.29, 0.717) is 23.1 Å². The Bertz CT molecular complexity index is 520. The molecule has 1 fully saturated rings. The van der Waals surface area contributed by atoms with E-state index in [1.807, 2.05) is 0 Å². The zero-order chi connectivity index (χ0) is 12.6. The number of ether oxygens (including phenoxy) is 1. The summed E-state index contributed by atoms with van der Waals surface area (Å²) in [6.45, 7) is 0. The van der Waals surface area contributed by atoms with Crippen molar-refractivity contribution in [2.24, 2.45) is 0 Å². The predicted octanol–water partition coefficient (Wildman–Crippen LogP) is 1.75. The van der Waals surface area contributed by atoms with E-state index in [2.05, 4.69) is 15.9 Å². The molecule has 0 atom stereocenters. The monoisotopic (exact) mass is 320 g/mol. The van der Waals surface area contributed by atoms with Crippen molar-refractivity contribution in [2.45, 2.75) is 29.1 Å². The number of aliphatic hydroxyl groups excluding tert-OH is 1. The molecule has 1 aromatic carbocycles. The van der Waals surface area contributed by atoms with Crippen molar-refractivity contribution in [3.8, 4) is 5.75 Å². The normalized spacial score (nSPS) is 24.2. The lowest BCUT2D eigenvalue weighted by Gasteiger charge is -2.31. The van der Waals surface area contributed by atoms with Crippen LogP contribution in [0.1, 0.15) is 12.8 Å². The Labute approximate surface area is 109 Å². The first-order chi connectivity index (χ1) is 7.95. The molecule has 0 amide bonds. The minimum absolute atomic E-state index is 0.186. The van der Waals surface area contributed by atoms with Crippen LogP contribution in [0.4, 0.5) is 0 Å². The summed E-state index contributed by atoms with van der Waals surface area (Å²) in [5, 5.41) is 8.71. The second-order valence-corrected chi connectivity index (χ2v) is 7.20. The fourth-order valence-electron chi connectivity index (χ4n) is 1.84. The average molecular weight is 321 g/mol. The van der Waals surface area contributed by atoms with E-state index in [1.165, 1.54) is 7.11 Å². The third kappa shape index (κ3) is 2.34.